The molecule has 0 heterocycles. The summed E-state index contributed by atoms with van der Waals surface area (Å²) in [6.45, 7) is 3.29. The highest BCUT2D eigenvalue weighted by Gasteiger charge is 2.08. The molecule has 0 unspecified atom stereocenters. The smallest absolute Gasteiger partial charge is 0.250 e. The number of carbonyl (C=O) groups excluding carboxylic acids is 1. The van der Waals surface area contributed by atoms with Gasteiger partial charge in [-0.05, 0) is 31.5 Å². The maximum Gasteiger partial charge on any atom is 0.250 e. The average molecular weight is 291 g/mol. The molecule has 0 atom stereocenters. The minimum atomic E-state index is -0.595. The van der Waals surface area contributed by atoms with Crippen LogP contribution in [0, 0.1) is 0 Å². The lowest BCUT2D eigenvalue weighted by atomic mass is 10.2. The van der Waals surface area contributed by atoms with E-state index in [0.29, 0.717) is 23.7 Å². The first kappa shape index (κ1) is 16.7. The van der Waals surface area contributed by atoms with Crippen LogP contribution >= 0.6 is 0 Å². The molecule has 0 aliphatic carbocycles. The number of aliphatic hydroxyl groups excluding tert-OH is 1. The Bertz CT molecular complexity index is 544. The second kappa shape index (κ2) is 8.06. The van der Waals surface area contributed by atoms with Crippen LogP contribution in [0.15, 0.2) is 40.7 Å². The number of hydrogen-bond acceptors (Lipinski definition) is 5. The maximum absolute atomic E-state index is 11.3. The predicted octanol–water partition coefficient (Wildman–Crippen LogP) is 0.955. The molecular formula is C15H21N3O3. The number of allylic oxidation sites excluding steroid dienone is 2. The van der Waals surface area contributed by atoms with Crippen LogP contribution in [0.25, 0.3) is 0 Å². The number of amides is 1. The first-order valence-electron chi connectivity index (χ1n) is 6.49. The SMILES string of the molecule is COc1ccc(CN=C(C)C(NC(=O)CO)=C(C)N)cc1. The zero-order valence-corrected chi connectivity index (χ0v) is 12.5. The number of hydrogen-bond donors (Lipinski definition) is 3. The Hall–Kier alpha value is -2.34. The van der Waals surface area contributed by atoms with Crippen molar-refractivity contribution in [2.75, 3.05) is 13.7 Å². The zero-order chi connectivity index (χ0) is 15.8. The van der Waals surface area contributed by atoms with Crippen LogP contribution in [0.5, 0.6) is 5.75 Å². The van der Waals surface area contributed by atoms with Crippen LogP contribution < -0.4 is 15.8 Å². The predicted molar refractivity (Wildman–Crippen MR) is 81.9 cm³/mol. The second-order valence-corrected chi connectivity index (χ2v) is 4.51. The number of aliphatic hydroxyl groups is 1. The van der Waals surface area contributed by atoms with Gasteiger partial charge in [0.2, 0.25) is 5.91 Å². The van der Waals surface area contributed by atoms with Gasteiger partial charge >= 0.3 is 0 Å². The maximum atomic E-state index is 11.3. The Morgan fingerprint density at radius 1 is 1.33 bits per heavy atom. The minimum absolute atomic E-state index is 0.433. The van der Waals surface area contributed by atoms with E-state index in [1.54, 1.807) is 21.0 Å². The van der Waals surface area contributed by atoms with Gasteiger partial charge in [0.05, 0.1) is 25.1 Å². The molecule has 0 radical (unpaired) electrons. The topological polar surface area (TPSA) is 96.9 Å². The number of rotatable bonds is 6. The van der Waals surface area contributed by atoms with Crippen molar-refractivity contribution in [2.24, 2.45) is 10.7 Å². The molecule has 4 N–H and O–H groups in total. The highest BCUT2D eigenvalue weighted by Crippen LogP contribution is 2.12. The number of aliphatic imine (C=N–C) groups is 1. The Morgan fingerprint density at radius 2 is 1.95 bits per heavy atom. The fourth-order valence-corrected chi connectivity index (χ4v) is 1.67. The van der Waals surface area contributed by atoms with E-state index in [4.69, 9.17) is 15.6 Å². The fraction of sp³-hybridized carbons (Fsp3) is 0.333. The van der Waals surface area contributed by atoms with Crippen LogP contribution in [0.1, 0.15) is 19.4 Å². The fourth-order valence-electron chi connectivity index (χ4n) is 1.67. The second-order valence-electron chi connectivity index (χ2n) is 4.51. The monoisotopic (exact) mass is 291 g/mol. The van der Waals surface area contributed by atoms with Crippen LogP contribution in [0.4, 0.5) is 0 Å². The summed E-state index contributed by atoms with van der Waals surface area (Å²) in [5.74, 6) is 0.266. The van der Waals surface area contributed by atoms with Crippen molar-refractivity contribution in [3.05, 3.63) is 41.2 Å². The molecule has 0 aromatic heterocycles. The third-order valence-electron chi connectivity index (χ3n) is 2.82. The number of nitrogens with two attached hydrogens (primary N) is 1. The first-order valence-corrected chi connectivity index (χ1v) is 6.49. The first-order chi connectivity index (χ1) is 9.97. The van der Waals surface area contributed by atoms with E-state index >= 15 is 0 Å². The highest BCUT2D eigenvalue weighted by atomic mass is 16.5. The molecule has 0 bridgehead atoms. The van der Waals surface area contributed by atoms with E-state index in [2.05, 4.69) is 10.3 Å². The molecule has 0 saturated carbocycles. The van der Waals surface area contributed by atoms with Crippen molar-refractivity contribution >= 4 is 11.6 Å². The van der Waals surface area contributed by atoms with Crippen LogP contribution in [0.2, 0.25) is 0 Å². The van der Waals surface area contributed by atoms with Crippen LogP contribution in [-0.2, 0) is 11.3 Å². The third kappa shape index (κ3) is 5.27. The number of nitrogens with zero attached hydrogens (tertiary/aromatic N) is 1. The number of nitrogens with one attached hydrogen (secondary N) is 1. The van der Waals surface area contributed by atoms with E-state index < -0.39 is 12.5 Å². The molecule has 0 aliphatic heterocycles. The van der Waals surface area contributed by atoms with Crippen molar-refractivity contribution in [2.45, 2.75) is 20.4 Å². The van der Waals surface area contributed by atoms with Crippen LogP contribution in [0.3, 0.4) is 0 Å². The van der Waals surface area contributed by atoms with E-state index in [0.717, 1.165) is 11.3 Å². The van der Waals surface area contributed by atoms with Gasteiger partial charge in [-0.15, -0.1) is 0 Å². The summed E-state index contributed by atoms with van der Waals surface area (Å²) in [5, 5.41) is 11.3. The van der Waals surface area contributed by atoms with Crippen molar-refractivity contribution in [3.63, 3.8) is 0 Å². The van der Waals surface area contributed by atoms with Gasteiger partial charge < -0.3 is 20.9 Å². The molecule has 0 spiro atoms. The summed E-state index contributed by atoms with van der Waals surface area (Å²) in [4.78, 5) is 15.7. The van der Waals surface area contributed by atoms with Gasteiger partial charge in [0.25, 0.3) is 0 Å². The van der Waals surface area contributed by atoms with Crippen molar-refractivity contribution in [1.82, 2.24) is 5.32 Å². The van der Waals surface area contributed by atoms with Gasteiger partial charge in [0.15, 0.2) is 0 Å². The molecule has 21 heavy (non-hydrogen) atoms. The van der Waals surface area contributed by atoms with Gasteiger partial charge in [-0.25, -0.2) is 0 Å². The third-order valence-corrected chi connectivity index (χ3v) is 2.82. The minimum Gasteiger partial charge on any atom is -0.497 e. The van der Waals surface area contributed by atoms with Crippen molar-refractivity contribution < 1.29 is 14.6 Å². The average Bonchev–Trinajstić information content (AvgIpc) is 2.50. The van der Waals surface area contributed by atoms with Gasteiger partial charge in [-0.1, -0.05) is 12.1 Å². The van der Waals surface area contributed by atoms with E-state index in [-0.39, 0.29) is 0 Å². The molecule has 6 heteroatoms. The Balaban J connectivity index is 2.81. The summed E-state index contributed by atoms with van der Waals surface area (Å²) in [6.07, 6.45) is 0. The summed E-state index contributed by atoms with van der Waals surface area (Å²) in [5.41, 5.74) is 8.22. The summed E-state index contributed by atoms with van der Waals surface area (Å²) >= 11 is 0. The van der Waals surface area contributed by atoms with Crippen molar-refractivity contribution in [1.29, 1.82) is 0 Å². The molecule has 1 rings (SSSR count). The number of ether oxygens (including phenoxy) is 1. The lowest BCUT2D eigenvalue weighted by Crippen LogP contribution is -2.31. The van der Waals surface area contributed by atoms with E-state index in [9.17, 15) is 4.79 Å². The summed E-state index contributed by atoms with van der Waals surface area (Å²) in [6, 6.07) is 7.55. The van der Waals surface area contributed by atoms with Gasteiger partial charge in [-0.3, -0.25) is 9.79 Å². The number of methoxy groups -OCH3 is 1. The standard InChI is InChI=1S/C15H21N3O3/c1-10(16)15(18-14(20)9-19)11(2)17-8-12-4-6-13(21-3)7-5-12/h4-7,19H,8-9,16H2,1-3H3,(H,18,20). The molecular weight excluding hydrogens is 270 g/mol. The summed E-state index contributed by atoms with van der Waals surface area (Å²) < 4.78 is 5.09. The largest absolute Gasteiger partial charge is 0.497 e. The lowest BCUT2D eigenvalue weighted by Gasteiger charge is -2.11. The molecule has 1 aromatic rings. The van der Waals surface area contributed by atoms with Gasteiger partial charge in [0.1, 0.15) is 12.4 Å². The normalized spacial score (nSPS) is 12.7. The number of carbonyl (C=O) groups is 1. The molecule has 1 aromatic carbocycles. The van der Waals surface area contributed by atoms with Crippen LogP contribution in [-0.4, -0.2) is 30.4 Å². The summed E-state index contributed by atoms with van der Waals surface area (Å²) in [7, 11) is 1.61. The Morgan fingerprint density at radius 3 is 2.43 bits per heavy atom. The Kier molecular flexibility index (Phi) is 6.42. The number of benzene rings is 1. The Labute approximate surface area is 124 Å². The molecule has 0 fully saturated rings. The van der Waals surface area contributed by atoms with Gasteiger partial charge in [-0.2, -0.15) is 0 Å². The molecule has 114 valence electrons. The quantitative estimate of drug-likeness (QED) is 0.680. The van der Waals surface area contributed by atoms with Crippen molar-refractivity contribution in [3.8, 4) is 5.75 Å². The van der Waals surface area contributed by atoms with E-state index in [1.807, 2.05) is 24.3 Å². The molecule has 1 amide bonds. The van der Waals surface area contributed by atoms with E-state index in [1.165, 1.54) is 0 Å². The molecule has 0 aliphatic rings. The molecule has 6 nitrogen and oxygen atoms in total. The highest BCUT2D eigenvalue weighted by molar-refractivity contribution is 6.01. The molecule has 0 saturated heterocycles. The zero-order valence-electron chi connectivity index (χ0n) is 12.5. The lowest BCUT2D eigenvalue weighted by molar-refractivity contribution is -0.123. The van der Waals surface area contributed by atoms with Gasteiger partial charge in [0, 0.05) is 5.70 Å².